The van der Waals surface area contributed by atoms with Gasteiger partial charge in [0.1, 0.15) is 39.6 Å². The third kappa shape index (κ3) is 5.50. The summed E-state index contributed by atoms with van der Waals surface area (Å²) in [6.45, 7) is 5.74. The second-order valence-corrected chi connectivity index (χ2v) is 12.4. The van der Waals surface area contributed by atoms with E-state index in [9.17, 15) is 12.8 Å². The minimum absolute atomic E-state index is 0.0827. The van der Waals surface area contributed by atoms with E-state index in [0.717, 1.165) is 49.4 Å². The first kappa shape index (κ1) is 29.6. The molecule has 1 fully saturated rings. The number of aromatic nitrogens is 3. The fraction of sp³-hybridized carbons (Fsp3) is 0.379. The van der Waals surface area contributed by atoms with Gasteiger partial charge in [-0.1, -0.05) is 0 Å². The van der Waals surface area contributed by atoms with E-state index in [4.69, 9.17) is 16.2 Å². The molecule has 2 heterocycles. The number of ether oxygens (including phenoxy) is 1. The highest BCUT2D eigenvalue weighted by molar-refractivity contribution is 7.92. The fourth-order valence-corrected chi connectivity index (χ4v) is 6.61. The quantitative estimate of drug-likeness (QED) is 0.230. The van der Waals surface area contributed by atoms with Gasteiger partial charge in [0.15, 0.2) is 0 Å². The summed E-state index contributed by atoms with van der Waals surface area (Å²) in [6, 6.07) is 4.70. The number of nitrogens with zero attached hydrogens (tertiary/aromatic N) is 3. The molecule has 1 aliphatic carbocycles. The average molecular weight is 603 g/mol. The molecule has 1 saturated carbocycles. The van der Waals surface area contributed by atoms with Crippen molar-refractivity contribution in [3.63, 3.8) is 0 Å². The molecule has 9 nitrogen and oxygen atoms in total. The smallest absolute Gasteiger partial charge is 0.265 e. The third-order valence-electron chi connectivity index (χ3n) is 7.54. The van der Waals surface area contributed by atoms with Crippen molar-refractivity contribution in [3.05, 3.63) is 59.5 Å². The van der Waals surface area contributed by atoms with Gasteiger partial charge in [0.05, 0.1) is 23.2 Å². The molecule has 0 saturated heterocycles. The predicted molar refractivity (Wildman–Crippen MR) is 155 cm³/mol. The van der Waals surface area contributed by atoms with Crippen LogP contribution < -0.4 is 20.9 Å². The molecule has 0 radical (unpaired) electrons. The molecule has 224 valence electrons. The summed E-state index contributed by atoms with van der Waals surface area (Å²) in [6.07, 6.45) is 5.14. The standard InChI is InChI=1S/C29H33F3N6O3S/c1-4-41-18-9-10-21(30)25(11-18)42(39,40)37-24-13-22(31)19(12-23(24)32)27-26-28(38(36-27)15(2)3)20(14-35-29(26)34)16-5-7-17(33)8-6-16/h9-17,37H,4-8,33H2,1-3H3,(H2,34,35)/t16-,17-. The summed E-state index contributed by atoms with van der Waals surface area (Å²) in [7, 11) is -4.64. The lowest BCUT2D eigenvalue weighted by Gasteiger charge is -2.27. The first-order valence-corrected chi connectivity index (χ1v) is 15.3. The van der Waals surface area contributed by atoms with E-state index in [0.29, 0.717) is 17.0 Å². The normalized spacial score (nSPS) is 17.6. The van der Waals surface area contributed by atoms with Crippen LogP contribution in [0.3, 0.4) is 0 Å². The second-order valence-electron chi connectivity index (χ2n) is 10.8. The lowest BCUT2D eigenvalue weighted by Crippen LogP contribution is -2.26. The Bertz CT molecular complexity index is 1750. The zero-order valence-electron chi connectivity index (χ0n) is 23.5. The number of rotatable bonds is 8. The number of pyridine rings is 1. The van der Waals surface area contributed by atoms with Crippen LogP contribution >= 0.6 is 0 Å². The van der Waals surface area contributed by atoms with E-state index in [2.05, 4.69) is 10.1 Å². The topological polar surface area (TPSA) is 138 Å². The number of nitrogens with one attached hydrogen (secondary N) is 1. The Labute approximate surface area is 242 Å². The van der Waals surface area contributed by atoms with Gasteiger partial charge in [-0.15, -0.1) is 0 Å². The van der Waals surface area contributed by atoms with Crippen LogP contribution in [0.25, 0.3) is 22.2 Å². The lowest BCUT2D eigenvalue weighted by atomic mass is 9.82. The van der Waals surface area contributed by atoms with Crippen LogP contribution in [0.1, 0.15) is 64.0 Å². The van der Waals surface area contributed by atoms with E-state index >= 15 is 8.78 Å². The molecule has 5 N–H and O–H groups in total. The Morgan fingerprint density at radius 3 is 2.45 bits per heavy atom. The van der Waals surface area contributed by atoms with E-state index in [1.165, 1.54) is 6.07 Å². The Balaban J connectivity index is 1.58. The minimum Gasteiger partial charge on any atom is -0.494 e. The van der Waals surface area contributed by atoms with E-state index in [-0.39, 0.29) is 47.4 Å². The minimum atomic E-state index is -4.64. The molecule has 0 spiro atoms. The largest absolute Gasteiger partial charge is 0.494 e. The summed E-state index contributed by atoms with van der Waals surface area (Å²) in [5.74, 6) is -2.75. The summed E-state index contributed by atoms with van der Waals surface area (Å²) in [5, 5.41) is 5.03. The van der Waals surface area contributed by atoms with Gasteiger partial charge in [0, 0.05) is 36.0 Å². The van der Waals surface area contributed by atoms with Crippen molar-refractivity contribution in [1.82, 2.24) is 14.8 Å². The molecular weight excluding hydrogens is 569 g/mol. The van der Waals surface area contributed by atoms with Crippen molar-refractivity contribution >= 4 is 32.4 Å². The number of nitrogen functional groups attached to an aromatic ring is 1. The number of hydrogen-bond donors (Lipinski definition) is 3. The van der Waals surface area contributed by atoms with Gasteiger partial charge in [0.25, 0.3) is 10.0 Å². The van der Waals surface area contributed by atoms with Gasteiger partial charge in [-0.2, -0.15) is 5.10 Å². The number of hydrogen-bond acceptors (Lipinski definition) is 7. The van der Waals surface area contributed by atoms with E-state index in [1.807, 2.05) is 18.6 Å². The van der Waals surface area contributed by atoms with Gasteiger partial charge in [-0.05, 0) is 76.1 Å². The Morgan fingerprint density at radius 1 is 1.07 bits per heavy atom. The van der Waals surface area contributed by atoms with Gasteiger partial charge in [-0.25, -0.2) is 26.6 Å². The maximum Gasteiger partial charge on any atom is 0.265 e. The van der Waals surface area contributed by atoms with Crippen molar-refractivity contribution in [2.45, 2.75) is 69.4 Å². The van der Waals surface area contributed by atoms with Gasteiger partial charge in [0.2, 0.25) is 0 Å². The van der Waals surface area contributed by atoms with Crippen molar-refractivity contribution in [1.29, 1.82) is 0 Å². The molecule has 0 bridgehead atoms. The van der Waals surface area contributed by atoms with Crippen molar-refractivity contribution in [2.24, 2.45) is 5.73 Å². The second kappa shape index (κ2) is 11.4. The first-order chi connectivity index (χ1) is 19.9. The van der Waals surface area contributed by atoms with Gasteiger partial charge >= 0.3 is 0 Å². The lowest BCUT2D eigenvalue weighted by molar-refractivity contribution is 0.338. The highest BCUT2D eigenvalue weighted by atomic mass is 32.2. The molecule has 4 aromatic rings. The van der Waals surface area contributed by atoms with Crippen molar-refractivity contribution in [2.75, 3.05) is 17.1 Å². The molecule has 42 heavy (non-hydrogen) atoms. The van der Waals surface area contributed by atoms with Crippen molar-refractivity contribution in [3.8, 4) is 17.0 Å². The van der Waals surface area contributed by atoms with E-state index < -0.39 is 38.1 Å². The molecule has 5 rings (SSSR count). The fourth-order valence-electron chi connectivity index (χ4n) is 5.46. The molecule has 0 aliphatic heterocycles. The number of nitrogens with two attached hydrogens (primary N) is 2. The van der Waals surface area contributed by atoms with Gasteiger partial charge in [-0.3, -0.25) is 9.40 Å². The Kier molecular flexibility index (Phi) is 8.08. The highest BCUT2D eigenvalue weighted by Crippen LogP contribution is 2.42. The van der Waals surface area contributed by atoms with Crippen LogP contribution in [-0.4, -0.2) is 35.8 Å². The van der Waals surface area contributed by atoms with Crippen LogP contribution in [0.5, 0.6) is 5.75 Å². The Morgan fingerprint density at radius 2 is 1.79 bits per heavy atom. The molecule has 13 heteroatoms. The maximum atomic E-state index is 15.7. The molecular formula is C29H33F3N6O3S. The zero-order chi connectivity index (χ0) is 30.3. The van der Waals surface area contributed by atoms with E-state index in [1.54, 1.807) is 17.8 Å². The number of anilines is 2. The monoisotopic (exact) mass is 602 g/mol. The van der Waals surface area contributed by atoms with Crippen LogP contribution in [0.2, 0.25) is 0 Å². The molecule has 1 aliphatic rings. The van der Waals surface area contributed by atoms with Crippen molar-refractivity contribution < 1.29 is 26.3 Å². The summed E-state index contributed by atoms with van der Waals surface area (Å²) >= 11 is 0. The summed E-state index contributed by atoms with van der Waals surface area (Å²) in [4.78, 5) is 3.61. The Hall–Kier alpha value is -3.84. The maximum absolute atomic E-state index is 15.7. The van der Waals surface area contributed by atoms with Crippen LogP contribution in [-0.2, 0) is 10.0 Å². The van der Waals surface area contributed by atoms with Crippen LogP contribution in [0.15, 0.2) is 41.4 Å². The van der Waals surface area contributed by atoms with Crippen LogP contribution in [0.4, 0.5) is 24.7 Å². The van der Waals surface area contributed by atoms with Crippen LogP contribution in [0, 0.1) is 17.5 Å². The molecule has 0 atom stereocenters. The number of halogens is 3. The molecule has 0 amide bonds. The summed E-state index contributed by atoms with van der Waals surface area (Å²) < 4.78 is 80.4. The number of benzene rings is 2. The zero-order valence-corrected chi connectivity index (χ0v) is 24.3. The highest BCUT2D eigenvalue weighted by Gasteiger charge is 2.29. The molecule has 2 aromatic carbocycles. The molecule has 2 aromatic heterocycles. The third-order valence-corrected chi connectivity index (χ3v) is 8.92. The summed E-state index contributed by atoms with van der Waals surface area (Å²) in [5.41, 5.74) is 13.2. The number of sulfonamides is 1. The average Bonchev–Trinajstić information content (AvgIpc) is 3.34. The molecule has 0 unspecified atom stereocenters. The van der Waals surface area contributed by atoms with Gasteiger partial charge < -0.3 is 16.2 Å². The number of fused-ring (bicyclic) bond motifs is 1. The SMILES string of the molecule is CCOc1ccc(F)c(S(=O)(=O)Nc2cc(F)c(-c3nn(C(C)C)c4c3c(N)ncc4[C@H]3CC[C@H](N)CC3)cc2F)c1. The first-order valence-electron chi connectivity index (χ1n) is 13.8. The predicted octanol–water partition coefficient (Wildman–Crippen LogP) is 5.86.